The minimum Gasteiger partial charge on any atom is -0.360 e. The van der Waals surface area contributed by atoms with Crippen LogP contribution in [0.2, 0.25) is 0 Å². The second kappa shape index (κ2) is 6.57. The van der Waals surface area contributed by atoms with E-state index in [-0.39, 0.29) is 18.0 Å². The fourth-order valence-electron chi connectivity index (χ4n) is 2.37. The Bertz CT molecular complexity index is 852. The molecule has 0 saturated carbocycles. The van der Waals surface area contributed by atoms with Gasteiger partial charge in [0.05, 0.1) is 11.9 Å². The maximum Gasteiger partial charge on any atom is 0.239 e. The van der Waals surface area contributed by atoms with E-state index in [4.69, 9.17) is 0 Å². The van der Waals surface area contributed by atoms with Gasteiger partial charge < -0.3 is 10.6 Å². The molecule has 0 bridgehead atoms. The first-order valence-electron chi connectivity index (χ1n) is 7.77. The SMILES string of the molecule is CC(C)(C)NC(=O)CNc1ncnc2sc(-c3ccccc3)cc12. The number of fused-ring (bicyclic) bond motifs is 1. The second-order valence-electron chi connectivity index (χ2n) is 6.57. The Kier molecular flexibility index (Phi) is 4.49. The molecule has 3 aromatic rings. The van der Waals surface area contributed by atoms with Crippen LogP contribution < -0.4 is 10.6 Å². The van der Waals surface area contributed by atoms with Gasteiger partial charge in [-0.1, -0.05) is 30.3 Å². The third-order valence-electron chi connectivity index (χ3n) is 3.32. The molecule has 0 aliphatic heterocycles. The van der Waals surface area contributed by atoms with Gasteiger partial charge in [-0.05, 0) is 32.4 Å². The Morgan fingerprint density at radius 2 is 1.92 bits per heavy atom. The highest BCUT2D eigenvalue weighted by Gasteiger charge is 2.15. The van der Waals surface area contributed by atoms with Crippen molar-refractivity contribution in [1.29, 1.82) is 0 Å². The van der Waals surface area contributed by atoms with Gasteiger partial charge in [-0.25, -0.2) is 9.97 Å². The third kappa shape index (κ3) is 3.89. The lowest BCUT2D eigenvalue weighted by atomic mass is 10.1. The van der Waals surface area contributed by atoms with Crippen LogP contribution in [-0.4, -0.2) is 28.0 Å². The number of rotatable bonds is 4. The Labute approximate surface area is 145 Å². The molecule has 0 aliphatic rings. The van der Waals surface area contributed by atoms with Gasteiger partial charge in [0.2, 0.25) is 5.91 Å². The summed E-state index contributed by atoms with van der Waals surface area (Å²) in [5, 5.41) is 6.98. The molecule has 124 valence electrons. The number of carbonyl (C=O) groups is 1. The molecular formula is C18H20N4OS. The monoisotopic (exact) mass is 340 g/mol. The number of benzene rings is 1. The fraction of sp³-hybridized carbons (Fsp3) is 0.278. The smallest absolute Gasteiger partial charge is 0.239 e. The van der Waals surface area contributed by atoms with Crippen LogP contribution in [-0.2, 0) is 4.79 Å². The average molecular weight is 340 g/mol. The van der Waals surface area contributed by atoms with Crippen molar-refractivity contribution in [3.05, 3.63) is 42.7 Å². The molecule has 2 heterocycles. The van der Waals surface area contributed by atoms with Crippen LogP contribution in [0.5, 0.6) is 0 Å². The predicted octanol–water partition coefficient (Wildman–Crippen LogP) is 3.68. The van der Waals surface area contributed by atoms with Crippen molar-refractivity contribution < 1.29 is 4.79 Å². The molecular weight excluding hydrogens is 320 g/mol. The number of amides is 1. The van der Waals surface area contributed by atoms with Crippen molar-refractivity contribution in [1.82, 2.24) is 15.3 Å². The van der Waals surface area contributed by atoms with Crippen molar-refractivity contribution in [2.24, 2.45) is 0 Å². The minimum atomic E-state index is -0.247. The molecule has 1 amide bonds. The van der Waals surface area contributed by atoms with Gasteiger partial charge in [0.1, 0.15) is 17.0 Å². The Hall–Kier alpha value is -2.47. The van der Waals surface area contributed by atoms with E-state index in [1.54, 1.807) is 11.3 Å². The average Bonchev–Trinajstić information content (AvgIpc) is 2.97. The number of hydrogen-bond donors (Lipinski definition) is 2. The summed E-state index contributed by atoms with van der Waals surface area (Å²) >= 11 is 1.62. The van der Waals surface area contributed by atoms with Gasteiger partial charge in [0, 0.05) is 10.4 Å². The number of thiophene rings is 1. The van der Waals surface area contributed by atoms with E-state index < -0.39 is 0 Å². The van der Waals surface area contributed by atoms with Crippen molar-refractivity contribution in [3.8, 4) is 10.4 Å². The highest BCUT2D eigenvalue weighted by molar-refractivity contribution is 7.21. The largest absolute Gasteiger partial charge is 0.360 e. The van der Waals surface area contributed by atoms with Crippen LogP contribution in [0.1, 0.15) is 20.8 Å². The second-order valence-corrected chi connectivity index (χ2v) is 7.60. The van der Waals surface area contributed by atoms with E-state index >= 15 is 0 Å². The topological polar surface area (TPSA) is 66.9 Å². The number of hydrogen-bond acceptors (Lipinski definition) is 5. The van der Waals surface area contributed by atoms with E-state index in [0.717, 1.165) is 20.7 Å². The summed E-state index contributed by atoms with van der Waals surface area (Å²) in [7, 11) is 0. The van der Waals surface area contributed by atoms with E-state index in [1.165, 1.54) is 6.33 Å². The summed E-state index contributed by atoms with van der Waals surface area (Å²) in [6, 6.07) is 12.2. The molecule has 0 saturated heterocycles. The Balaban J connectivity index is 1.82. The normalized spacial score (nSPS) is 11.5. The lowest BCUT2D eigenvalue weighted by molar-refractivity contribution is -0.120. The van der Waals surface area contributed by atoms with E-state index in [1.807, 2.05) is 39.0 Å². The molecule has 24 heavy (non-hydrogen) atoms. The lowest BCUT2D eigenvalue weighted by Gasteiger charge is -2.20. The van der Waals surface area contributed by atoms with Gasteiger partial charge in [0.25, 0.3) is 0 Å². The molecule has 0 spiro atoms. The lowest BCUT2D eigenvalue weighted by Crippen LogP contribution is -2.43. The summed E-state index contributed by atoms with van der Waals surface area (Å²) in [4.78, 5) is 22.6. The minimum absolute atomic E-state index is 0.0622. The molecule has 2 aromatic heterocycles. The van der Waals surface area contributed by atoms with Crippen molar-refractivity contribution >= 4 is 33.3 Å². The van der Waals surface area contributed by atoms with E-state index in [2.05, 4.69) is 38.8 Å². The van der Waals surface area contributed by atoms with Gasteiger partial charge in [-0.15, -0.1) is 11.3 Å². The molecule has 2 N–H and O–H groups in total. The number of nitrogens with zero attached hydrogens (tertiary/aromatic N) is 2. The molecule has 1 aromatic carbocycles. The van der Waals surface area contributed by atoms with Gasteiger partial charge in [-0.2, -0.15) is 0 Å². The van der Waals surface area contributed by atoms with Gasteiger partial charge >= 0.3 is 0 Å². The number of nitrogens with one attached hydrogen (secondary N) is 2. The van der Waals surface area contributed by atoms with Crippen LogP contribution in [0.4, 0.5) is 5.82 Å². The quantitative estimate of drug-likeness (QED) is 0.760. The molecule has 5 nitrogen and oxygen atoms in total. The number of anilines is 1. The predicted molar refractivity (Wildman–Crippen MR) is 99.2 cm³/mol. The number of aromatic nitrogens is 2. The fourth-order valence-corrected chi connectivity index (χ4v) is 3.37. The summed E-state index contributed by atoms with van der Waals surface area (Å²) in [6.07, 6.45) is 1.53. The Morgan fingerprint density at radius 3 is 2.62 bits per heavy atom. The zero-order valence-electron chi connectivity index (χ0n) is 14.0. The summed E-state index contributed by atoms with van der Waals surface area (Å²) in [5.74, 6) is 0.621. The van der Waals surface area contributed by atoms with Gasteiger partial charge in [0.15, 0.2) is 0 Å². The zero-order chi connectivity index (χ0) is 17.2. The van der Waals surface area contributed by atoms with Crippen LogP contribution in [0.25, 0.3) is 20.7 Å². The van der Waals surface area contributed by atoms with Crippen molar-refractivity contribution in [2.45, 2.75) is 26.3 Å². The highest BCUT2D eigenvalue weighted by Crippen LogP contribution is 2.34. The first-order valence-corrected chi connectivity index (χ1v) is 8.59. The van der Waals surface area contributed by atoms with E-state index in [9.17, 15) is 4.79 Å². The van der Waals surface area contributed by atoms with E-state index in [0.29, 0.717) is 5.82 Å². The van der Waals surface area contributed by atoms with Crippen LogP contribution in [0, 0.1) is 0 Å². The molecule has 0 unspecified atom stereocenters. The molecule has 3 rings (SSSR count). The Morgan fingerprint density at radius 1 is 1.17 bits per heavy atom. The highest BCUT2D eigenvalue weighted by atomic mass is 32.1. The molecule has 0 atom stereocenters. The van der Waals surface area contributed by atoms with Gasteiger partial charge in [-0.3, -0.25) is 4.79 Å². The third-order valence-corrected chi connectivity index (χ3v) is 4.41. The summed E-state index contributed by atoms with van der Waals surface area (Å²) in [5.41, 5.74) is 0.903. The first kappa shape index (κ1) is 16.4. The van der Waals surface area contributed by atoms with Crippen LogP contribution in [0.15, 0.2) is 42.7 Å². The first-order chi connectivity index (χ1) is 11.4. The van der Waals surface area contributed by atoms with Crippen molar-refractivity contribution in [3.63, 3.8) is 0 Å². The van der Waals surface area contributed by atoms with Crippen molar-refractivity contribution in [2.75, 3.05) is 11.9 Å². The maximum atomic E-state index is 12.0. The molecule has 0 radical (unpaired) electrons. The summed E-state index contributed by atoms with van der Waals surface area (Å²) in [6.45, 7) is 6.05. The molecule has 0 aliphatic carbocycles. The number of carbonyl (C=O) groups excluding carboxylic acids is 1. The maximum absolute atomic E-state index is 12.0. The molecule has 0 fully saturated rings. The summed E-state index contributed by atoms with van der Waals surface area (Å²) < 4.78 is 0. The van der Waals surface area contributed by atoms with Crippen LogP contribution >= 0.6 is 11.3 Å². The standard InChI is InChI=1S/C18H20N4OS/c1-18(2,3)22-15(23)10-19-16-13-9-14(12-7-5-4-6-8-12)24-17(13)21-11-20-16/h4-9,11H,10H2,1-3H3,(H,22,23)(H,19,20,21). The van der Waals surface area contributed by atoms with Crippen LogP contribution in [0.3, 0.4) is 0 Å². The zero-order valence-corrected chi connectivity index (χ0v) is 14.8. The molecule has 6 heteroatoms.